The van der Waals surface area contributed by atoms with Crippen LogP contribution in [0.4, 0.5) is 0 Å². The zero-order valence-electron chi connectivity index (χ0n) is 5.61. The van der Waals surface area contributed by atoms with E-state index in [0.29, 0.717) is 6.16 Å². The van der Waals surface area contributed by atoms with Gasteiger partial charge in [-0.3, -0.25) is 0 Å². The third-order valence-corrected chi connectivity index (χ3v) is 1.53. The highest BCUT2D eigenvalue weighted by Crippen LogP contribution is 2.22. The summed E-state index contributed by atoms with van der Waals surface area (Å²) >= 11 is 0. The summed E-state index contributed by atoms with van der Waals surface area (Å²) in [4.78, 5) is 18.8. The largest absolute Gasteiger partial charge is 0.477 e. The standard InChI is InChI=1S/C5H10NO3P/c1-10(9)3-2-4(6)5(7)8/h2,9H,3,6H2,1H3,(H,7,8). The number of nitrogens with two attached hydrogens (primary N) is 1. The van der Waals surface area contributed by atoms with Crippen LogP contribution < -0.4 is 5.73 Å². The van der Waals surface area contributed by atoms with E-state index in [2.05, 4.69) is 0 Å². The fraction of sp³-hybridized carbons (Fsp3) is 0.400. The Kier molecular flexibility index (Phi) is 4.00. The number of aliphatic carboxylic acids is 1. The maximum Gasteiger partial charge on any atom is 0.351 e. The van der Waals surface area contributed by atoms with Gasteiger partial charge in [0.1, 0.15) is 5.70 Å². The molecule has 0 aliphatic rings. The molecular weight excluding hydrogens is 153 g/mol. The predicted octanol–water partition coefficient (Wildman–Crippen LogP) is -0.0674. The topological polar surface area (TPSA) is 83.5 Å². The van der Waals surface area contributed by atoms with Gasteiger partial charge in [0.25, 0.3) is 0 Å². The van der Waals surface area contributed by atoms with Gasteiger partial charge in [-0.2, -0.15) is 0 Å². The second kappa shape index (κ2) is 4.25. The molecule has 0 aromatic rings. The molecule has 0 aromatic heterocycles. The normalized spacial score (nSPS) is 14.8. The van der Waals surface area contributed by atoms with E-state index in [9.17, 15) is 4.79 Å². The summed E-state index contributed by atoms with van der Waals surface area (Å²) in [6.45, 7) is 1.63. The molecule has 4 N–H and O–H groups in total. The second-order valence-electron chi connectivity index (χ2n) is 1.80. The molecule has 0 saturated heterocycles. The van der Waals surface area contributed by atoms with Gasteiger partial charge in [-0.05, 0) is 12.7 Å². The highest BCUT2D eigenvalue weighted by molar-refractivity contribution is 7.50. The summed E-state index contributed by atoms with van der Waals surface area (Å²) in [6.07, 6.45) is 1.65. The Morgan fingerprint density at radius 1 is 1.80 bits per heavy atom. The molecule has 0 aliphatic carbocycles. The summed E-state index contributed by atoms with van der Waals surface area (Å²) < 4.78 is 0. The molecule has 0 rings (SSSR count). The maximum atomic E-state index is 10.0. The Bertz CT molecular complexity index is 155. The Balaban J connectivity index is 3.81. The first-order valence-corrected chi connectivity index (χ1v) is 4.55. The van der Waals surface area contributed by atoms with Crippen LogP contribution in [0, 0.1) is 0 Å². The molecule has 1 atom stereocenters. The minimum Gasteiger partial charge on any atom is -0.477 e. The van der Waals surface area contributed by atoms with Gasteiger partial charge < -0.3 is 15.7 Å². The smallest absolute Gasteiger partial charge is 0.351 e. The summed E-state index contributed by atoms with van der Waals surface area (Å²) in [5, 5.41) is 8.23. The van der Waals surface area contributed by atoms with Crippen LogP contribution >= 0.6 is 8.15 Å². The van der Waals surface area contributed by atoms with Crippen molar-refractivity contribution in [2.24, 2.45) is 5.73 Å². The third kappa shape index (κ3) is 4.30. The molecule has 58 valence electrons. The van der Waals surface area contributed by atoms with Gasteiger partial charge in [-0.15, -0.1) is 0 Å². The van der Waals surface area contributed by atoms with Gasteiger partial charge in [-0.25, -0.2) is 4.79 Å². The van der Waals surface area contributed by atoms with Crippen LogP contribution in [-0.4, -0.2) is 28.8 Å². The monoisotopic (exact) mass is 163 g/mol. The van der Waals surface area contributed by atoms with Crippen molar-refractivity contribution in [1.29, 1.82) is 0 Å². The Labute approximate surface area is 60.2 Å². The highest BCUT2D eigenvalue weighted by Gasteiger charge is 2.00. The van der Waals surface area contributed by atoms with Crippen molar-refractivity contribution in [1.82, 2.24) is 0 Å². The van der Waals surface area contributed by atoms with Crippen LogP contribution in [-0.2, 0) is 4.79 Å². The SMILES string of the molecule is CP(O)CC=C(N)C(=O)O. The van der Waals surface area contributed by atoms with E-state index in [1.54, 1.807) is 6.66 Å². The lowest BCUT2D eigenvalue weighted by Crippen LogP contribution is -2.10. The van der Waals surface area contributed by atoms with Crippen LogP contribution in [0.3, 0.4) is 0 Å². The van der Waals surface area contributed by atoms with E-state index < -0.39 is 14.1 Å². The fourth-order valence-corrected chi connectivity index (χ4v) is 0.779. The quantitative estimate of drug-likeness (QED) is 0.401. The predicted molar refractivity (Wildman–Crippen MR) is 39.8 cm³/mol. The number of hydrogen-bond acceptors (Lipinski definition) is 3. The van der Waals surface area contributed by atoms with Crippen LogP contribution in [0.5, 0.6) is 0 Å². The van der Waals surface area contributed by atoms with E-state index >= 15 is 0 Å². The van der Waals surface area contributed by atoms with Gasteiger partial charge in [0.2, 0.25) is 0 Å². The van der Waals surface area contributed by atoms with E-state index in [1.807, 2.05) is 0 Å². The maximum absolute atomic E-state index is 10.0. The summed E-state index contributed by atoms with van der Waals surface area (Å²) in [7, 11) is -1.08. The molecule has 10 heavy (non-hydrogen) atoms. The molecule has 0 spiro atoms. The average molecular weight is 163 g/mol. The molecule has 0 bridgehead atoms. The number of rotatable bonds is 3. The molecule has 4 nitrogen and oxygen atoms in total. The first-order valence-electron chi connectivity index (χ1n) is 2.63. The molecule has 0 radical (unpaired) electrons. The molecule has 0 aromatic carbocycles. The van der Waals surface area contributed by atoms with Crippen LogP contribution in [0.2, 0.25) is 0 Å². The minimum atomic E-state index is -1.14. The van der Waals surface area contributed by atoms with Crippen molar-refractivity contribution >= 4 is 14.1 Å². The lowest BCUT2D eigenvalue weighted by molar-refractivity contribution is -0.132. The van der Waals surface area contributed by atoms with Crippen molar-refractivity contribution in [2.75, 3.05) is 12.8 Å². The minimum absolute atomic E-state index is 0.205. The zero-order valence-corrected chi connectivity index (χ0v) is 6.51. The number of allylic oxidation sites excluding steroid dienone is 1. The number of hydrogen-bond donors (Lipinski definition) is 3. The van der Waals surface area contributed by atoms with Gasteiger partial charge >= 0.3 is 5.97 Å². The third-order valence-electron chi connectivity index (χ3n) is 0.822. The van der Waals surface area contributed by atoms with Crippen LogP contribution in [0.1, 0.15) is 0 Å². The van der Waals surface area contributed by atoms with E-state index in [4.69, 9.17) is 15.7 Å². The van der Waals surface area contributed by atoms with Crippen LogP contribution in [0.25, 0.3) is 0 Å². The van der Waals surface area contributed by atoms with Crippen molar-refractivity contribution in [3.63, 3.8) is 0 Å². The first kappa shape index (κ1) is 9.40. The fourth-order valence-electron chi connectivity index (χ4n) is 0.318. The first-order chi connectivity index (χ1) is 4.54. The van der Waals surface area contributed by atoms with Crippen molar-refractivity contribution in [2.45, 2.75) is 0 Å². The Morgan fingerprint density at radius 3 is 2.60 bits per heavy atom. The lowest BCUT2D eigenvalue weighted by Gasteiger charge is -1.97. The molecule has 0 amide bonds. The van der Waals surface area contributed by atoms with Gasteiger partial charge in [0.05, 0.1) is 0 Å². The number of carboxylic acids is 1. The van der Waals surface area contributed by atoms with Crippen molar-refractivity contribution < 1.29 is 14.8 Å². The second-order valence-corrected chi connectivity index (χ2v) is 3.49. The molecule has 0 aliphatic heterocycles. The van der Waals surface area contributed by atoms with Gasteiger partial charge in [0, 0.05) is 14.3 Å². The number of carboxylic acid groups (broad SMARTS) is 1. The lowest BCUT2D eigenvalue weighted by atomic mass is 10.4. The Hall–Kier alpha value is -0.600. The van der Waals surface area contributed by atoms with Crippen molar-refractivity contribution in [3.05, 3.63) is 11.8 Å². The average Bonchev–Trinajstić information content (AvgIpc) is 1.82. The van der Waals surface area contributed by atoms with Gasteiger partial charge in [0.15, 0.2) is 0 Å². The number of carbonyl (C=O) groups is 1. The summed E-state index contributed by atoms with van der Waals surface area (Å²) in [5.74, 6) is -1.14. The van der Waals surface area contributed by atoms with Crippen LogP contribution in [0.15, 0.2) is 11.8 Å². The van der Waals surface area contributed by atoms with E-state index in [0.717, 1.165) is 0 Å². The van der Waals surface area contributed by atoms with E-state index in [-0.39, 0.29) is 5.70 Å². The highest BCUT2D eigenvalue weighted by atomic mass is 31.1. The molecule has 5 heteroatoms. The summed E-state index contributed by atoms with van der Waals surface area (Å²) in [6, 6.07) is 0. The van der Waals surface area contributed by atoms with Gasteiger partial charge in [-0.1, -0.05) is 0 Å². The van der Waals surface area contributed by atoms with E-state index in [1.165, 1.54) is 6.08 Å². The zero-order chi connectivity index (χ0) is 8.15. The van der Waals surface area contributed by atoms with Crippen molar-refractivity contribution in [3.8, 4) is 0 Å². The molecule has 0 fully saturated rings. The molecular formula is C5H10NO3P. The molecule has 0 saturated carbocycles. The molecule has 0 heterocycles. The molecule has 1 unspecified atom stereocenters. The summed E-state index contributed by atoms with van der Waals surface area (Å²) in [5.41, 5.74) is 4.82. The Morgan fingerprint density at radius 2 is 2.30 bits per heavy atom.